The molecule has 0 radical (unpaired) electrons. The normalized spacial score (nSPS) is 16.8. The van der Waals surface area contributed by atoms with E-state index in [1.165, 1.54) is 6.07 Å². The van der Waals surface area contributed by atoms with E-state index < -0.39 is 0 Å². The van der Waals surface area contributed by atoms with Crippen LogP contribution in [0, 0.1) is 11.7 Å². The summed E-state index contributed by atoms with van der Waals surface area (Å²) in [7, 11) is 0. The van der Waals surface area contributed by atoms with E-state index in [0.717, 1.165) is 29.9 Å². The number of pyridine rings is 1. The molecule has 0 aliphatic heterocycles. The van der Waals surface area contributed by atoms with Crippen molar-refractivity contribution in [3.63, 3.8) is 0 Å². The highest BCUT2D eigenvalue weighted by Crippen LogP contribution is 2.26. The topological polar surface area (TPSA) is 46.4 Å². The van der Waals surface area contributed by atoms with Gasteiger partial charge in [-0.05, 0) is 31.0 Å². The molecule has 1 aliphatic carbocycles. The molecule has 0 fully saturated rings. The highest BCUT2D eigenvalue weighted by Gasteiger charge is 2.27. The van der Waals surface area contributed by atoms with Crippen LogP contribution in [0.4, 0.5) is 4.39 Å². The molecule has 1 unspecified atom stereocenters. The number of rotatable bonds is 3. The van der Waals surface area contributed by atoms with Gasteiger partial charge in [0.05, 0.1) is 5.69 Å². The number of aryl methyl sites for hydroxylation is 1. The average molecular weight is 323 g/mol. The van der Waals surface area contributed by atoms with Gasteiger partial charge >= 0.3 is 0 Å². The number of carbonyl (C=O) groups excluding carboxylic acids is 1. The van der Waals surface area contributed by atoms with Gasteiger partial charge in [0.25, 0.3) is 0 Å². The minimum atomic E-state index is -0.287. The van der Waals surface area contributed by atoms with Crippen molar-refractivity contribution in [3.8, 4) is 0 Å². The molecule has 0 bridgehead atoms. The Bertz CT molecular complexity index is 903. The zero-order chi connectivity index (χ0) is 16.5. The van der Waals surface area contributed by atoms with Gasteiger partial charge in [-0.2, -0.15) is 0 Å². The third-order valence-corrected chi connectivity index (χ3v) is 4.66. The van der Waals surface area contributed by atoms with E-state index in [1.54, 1.807) is 18.2 Å². The van der Waals surface area contributed by atoms with E-state index >= 15 is 0 Å². The molecule has 4 nitrogen and oxygen atoms in total. The van der Waals surface area contributed by atoms with Gasteiger partial charge in [0.15, 0.2) is 0 Å². The number of nitrogens with zero attached hydrogens (tertiary/aromatic N) is 2. The lowest BCUT2D eigenvalue weighted by molar-refractivity contribution is -0.125. The quantitative estimate of drug-likeness (QED) is 0.805. The van der Waals surface area contributed by atoms with Crippen molar-refractivity contribution in [2.75, 3.05) is 0 Å². The first-order valence-corrected chi connectivity index (χ1v) is 8.18. The predicted molar refractivity (Wildman–Crippen MR) is 89.0 cm³/mol. The number of carbonyl (C=O) groups is 1. The van der Waals surface area contributed by atoms with Crippen LogP contribution >= 0.6 is 0 Å². The van der Waals surface area contributed by atoms with Gasteiger partial charge in [-0.15, -0.1) is 0 Å². The first kappa shape index (κ1) is 14.9. The maximum atomic E-state index is 13.6. The first-order chi connectivity index (χ1) is 11.7. The molecule has 2 heterocycles. The second-order valence-corrected chi connectivity index (χ2v) is 6.18. The van der Waals surface area contributed by atoms with Crippen LogP contribution in [0.2, 0.25) is 0 Å². The predicted octanol–water partition coefficient (Wildman–Crippen LogP) is 2.89. The first-order valence-electron chi connectivity index (χ1n) is 8.18. The van der Waals surface area contributed by atoms with Gasteiger partial charge in [-0.1, -0.05) is 24.3 Å². The smallest absolute Gasteiger partial charge is 0.223 e. The maximum Gasteiger partial charge on any atom is 0.223 e. The summed E-state index contributed by atoms with van der Waals surface area (Å²) >= 11 is 0. The van der Waals surface area contributed by atoms with Crippen molar-refractivity contribution < 1.29 is 9.18 Å². The lowest BCUT2D eigenvalue weighted by atomic mass is 9.89. The molecule has 3 aromatic rings. The van der Waals surface area contributed by atoms with E-state index in [2.05, 4.69) is 14.7 Å². The van der Waals surface area contributed by atoms with Crippen molar-refractivity contribution in [3.05, 3.63) is 71.4 Å². The van der Waals surface area contributed by atoms with Crippen molar-refractivity contribution in [1.29, 1.82) is 0 Å². The van der Waals surface area contributed by atoms with Gasteiger partial charge in [0, 0.05) is 36.3 Å². The van der Waals surface area contributed by atoms with Crippen LogP contribution < -0.4 is 5.32 Å². The van der Waals surface area contributed by atoms with Crippen LogP contribution in [0.1, 0.15) is 23.4 Å². The molecular weight excluding hydrogens is 305 g/mol. The number of imidazole rings is 1. The summed E-state index contributed by atoms with van der Waals surface area (Å²) in [6.45, 7) is 0.224. The summed E-state index contributed by atoms with van der Waals surface area (Å²) in [6.07, 6.45) is 4.24. The summed E-state index contributed by atoms with van der Waals surface area (Å²) < 4.78 is 15.7. The molecule has 1 atom stereocenters. The van der Waals surface area contributed by atoms with Gasteiger partial charge in [0.1, 0.15) is 11.5 Å². The zero-order valence-electron chi connectivity index (χ0n) is 13.2. The summed E-state index contributed by atoms with van der Waals surface area (Å²) in [5.41, 5.74) is 3.63. The number of fused-ring (bicyclic) bond motifs is 3. The van der Waals surface area contributed by atoms with Crippen LogP contribution in [-0.4, -0.2) is 15.3 Å². The third-order valence-electron chi connectivity index (χ3n) is 4.66. The SMILES string of the molecule is O=C(NCc1ccccc1F)C1CCc2nc3ccccn3c2C1. The molecule has 0 saturated carbocycles. The molecule has 122 valence electrons. The van der Waals surface area contributed by atoms with Gasteiger partial charge < -0.3 is 9.72 Å². The second-order valence-electron chi connectivity index (χ2n) is 6.18. The van der Waals surface area contributed by atoms with Crippen LogP contribution in [0.5, 0.6) is 0 Å². The Balaban J connectivity index is 1.48. The van der Waals surface area contributed by atoms with E-state index in [-0.39, 0.29) is 24.2 Å². The van der Waals surface area contributed by atoms with Crippen LogP contribution in [-0.2, 0) is 24.2 Å². The Hall–Kier alpha value is -2.69. The third kappa shape index (κ3) is 2.66. The van der Waals surface area contributed by atoms with Crippen LogP contribution in [0.25, 0.3) is 5.65 Å². The number of benzene rings is 1. The lowest BCUT2D eigenvalue weighted by Gasteiger charge is -2.21. The largest absolute Gasteiger partial charge is 0.352 e. The number of nitrogens with one attached hydrogen (secondary N) is 1. The molecule has 0 spiro atoms. The second kappa shape index (κ2) is 6.07. The summed E-state index contributed by atoms with van der Waals surface area (Å²) in [5, 5.41) is 2.87. The fraction of sp³-hybridized carbons (Fsp3) is 0.263. The van der Waals surface area contributed by atoms with E-state index in [1.807, 2.05) is 24.4 Å². The number of hydrogen-bond acceptors (Lipinski definition) is 2. The standard InChI is InChI=1S/C19H18FN3O/c20-15-6-2-1-5-14(15)12-21-19(24)13-8-9-16-17(11-13)23-10-4-3-7-18(23)22-16/h1-7,10,13H,8-9,11-12H2,(H,21,24). The average Bonchev–Trinajstić information content (AvgIpc) is 2.98. The van der Waals surface area contributed by atoms with E-state index in [9.17, 15) is 9.18 Å². The molecule has 0 saturated heterocycles. The number of hydrogen-bond donors (Lipinski definition) is 1. The number of halogens is 1. The van der Waals surface area contributed by atoms with E-state index in [0.29, 0.717) is 12.0 Å². The molecule has 1 aromatic carbocycles. The van der Waals surface area contributed by atoms with Crippen LogP contribution in [0.3, 0.4) is 0 Å². The Labute approximate surface area is 139 Å². The molecule has 1 aliphatic rings. The molecule has 24 heavy (non-hydrogen) atoms. The van der Waals surface area contributed by atoms with Crippen molar-refractivity contribution in [2.24, 2.45) is 5.92 Å². The Kier molecular flexibility index (Phi) is 3.76. The minimum absolute atomic E-state index is 0.0187. The van der Waals surface area contributed by atoms with E-state index in [4.69, 9.17) is 0 Å². The molecular formula is C19H18FN3O. The van der Waals surface area contributed by atoms with Crippen molar-refractivity contribution >= 4 is 11.6 Å². The molecule has 5 heteroatoms. The number of aromatic nitrogens is 2. The summed E-state index contributed by atoms with van der Waals surface area (Å²) in [4.78, 5) is 17.1. The molecule has 1 N–H and O–H groups in total. The minimum Gasteiger partial charge on any atom is -0.352 e. The highest BCUT2D eigenvalue weighted by molar-refractivity contribution is 5.79. The maximum absolute atomic E-state index is 13.6. The molecule has 2 aromatic heterocycles. The molecule has 4 rings (SSSR count). The van der Waals surface area contributed by atoms with Gasteiger partial charge in [-0.25, -0.2) is 9.37 Å². The van der Waals surface area contributed by atoms with Crippen molar-refractivity contribution in [2.45, 2.75) is 25.8 Å². The monoisotopic (exact) mass is 323 g/mol. The van der Waals surface area contributed by atoms with Gasteiger partial charge in [0.2, 0.25) is 5.91 Å². The Morgan fingerprint density at radius 1 is 1.25 bits per heavy atom. The van der Waals surface area contributed by atoms with Crippen molar-refractivity contribution in [1.82, 2.24) is 14.7 Å². The summed E-state index contributed by atoms with van der Waals surface area (Å²) in [5.74, 6) is -0.398. The molecule has 1 amide bonds. The summed E-state index contributed by atoms with van der Waals surface area (Å²) in [6, 6.07) is 12.4. The van der Waals surface area contributed by atoms with Crippen LogP contribution in [0.15, 0.2) is 48.7 Å². The lowest BCUT2D eigenvalue weighted by Crippen LogP contribution is -2.34. The Morgan fingerprint density at radius 3 is 2.96 bits per heavy atom. The fourth-order valence-electron chi connectivity index (χ4n) is 3.35. The highest BCUT2D eigenvalue weighted by atomic mass is 19.1. The van der Waals surface area contributed by atoms with Gasteiger partial charge in [-0.3, -0.25) is 4.79 Å². The Morgan fingerprint density at radius 2 is 2.08 bits per heavy atom. The number of amides is 1. The fourth-order valence-corrected chi connectivity index (χ4v) is 3.35. The zero-order valence-corrected chi connectivity index (χ0v) is 13.2.